The van der Waals surface area contributed by atoms with Crippen molar-refractivity contribution in [2.24, 2.45) is 5.73 Å². The number of amides is 2. The minimum Gasteiger partial charge on any atom is -0.366 e. The first-order valence-electron chi connectivity index (χ1n) is 6.40. The largest absolute Gasteiger partial charge is 0.366 e. The van der Waals surface area contributed by atoms with Gasteiger partial charge in [0.15, 0.2) is 9.84 Å². The van der Waals surface area contributed by atoms with E-state index in [0.717, 1.165) is 6.26 Å². The Bertz CT molecular complexity index is 894. The number of halogens is 1. The molecule has 23 heavy (non-hydrogen) atoms. The van der Waals surface area contributed by atoms with Gasteiger partial charge in [0.2, 0.25) is 0 Å². The minimum atomic E-state index is -3.57. The fraction of sp³-hybridized carbons (Fsp3) is 0.0667. The van der Waals surface area contributed by atoms with E-state index < -0.39 is 21.7 Å². The summed E-state index contributed by atoms with van der Waals surface area (Å²) >= 11 is 5.84. The topological polar surface area (TPSA) is 106 Å². The predicted octanol–water partition coefficient (Wildman–Crippen LogP) is 2.09. The van der Waals surface area contributed by atoms with Crippen molar-refractivity contribution in [3.05, 3.63) is 58.6 Å². The number of nitrogens with two attached hydrogens (primary N) is 1. The lowest BCUT2D eigenvalue weighted by Gasteiger charge is -2.10. The molecule has 0 aliphatic rings. The second-order valence-corrected chi connectivity index (χ2v) is 7.17. The number of para-hydroxylation sites is 1. The number of hydrogen-bond donors (Lipinski definition) is 2. The summed E-state index contributed by atoms with van der Waals surface area (Å²) in [7, 11) is -3.57. The number of rotatable bonds is 4. The van der Waals surface area contributed by atoms with Crippen LogP contribution in [0.3, 0.4) is 0 Å². The molecule has 0 bridgehead atoms. The highest BCUT2D eigenvalue weighted by Crippen LogP contribution is 2.23. The van der Waals surface area contributed by atoms with Gasteiger partial charge in [-0.25, -0.2) is 8.42 Å². The Balaban J connectivity index is 2.38. The third-order valence-corrected chi connectivity index (χ3v) is 4.61. The van der Waals surface area contributed by atoms with Crippen molar-refractivity contribution < 1.29 is 18.0 Å². The quantitative estimate of drug-likeness (QED) is 0.878. The van der Waals surface area contributed by atoms with E-state index in [2.05, 4.69) is 5.32 Å². The Hall–Kier alpha value is -2.38. The van der Waals surface area contributed by atoms with Crippen molar-refractivity contribution >= 4 is 38.9 Å². The van der Waals surface area contributed by atoms with Crippen LogP contribution in [-0.4, -0.2) is 26.5 Å². The molecule has 0 heterocycles. The van der Waals surface area contributed by atoms with Gasteiger partial charge in [0.25, 0.3) is 11.8 Å². The molecule has 2 amide bonds. The van der Waals surface area contributed by atoms with Crippen molar-refractivity contribution in [2.45, 2.75) is 4.90 Å². The fourth-order valence-corrected chi connectivity index (χ4v) is 3.23. The maximum Gasteiger partial charge on any atom is 0.255 e. The van der Waals surface area contributed by atoms with E-state index >= 15 is 0 Å². The van der Waals surface area contributed by atoms with Crippen LogP contribution in [0.4, 0.5) is 5.69 Å². The third kappa shape index (κ3) is 3.88. The number of carbonyl (C=O) groups excluding carboxylic acids is 2. The van der Waals surface area contributed by atoms with Gasteiger partial charge < -0.3 is 11.1 Å². The Kier molecular flexibility index (Phi) is 4.72. The number of hydrogen-bond acceptors (Lipinski definition) is 4. The normalized spacial score (nSPS) is 11.0. The van der Waals surface area contributed by atoms with Crippen molar-refractivity contribution in [1.29, 1.82) is 0 Å². The van der Waals surface area contributed by atoms with Gasteiger partial charge in [-0.05, 0) is 30.3 Å². The molecule has 6 nitrogen and oxygen atoms in total. The highest BCUT2D eigenvalue weighted by molar-refractivity contribution is 7.90. The van der Waals surface area contributed by atoms with E-state index in [1.165, 1.54) is 30.3 Å². The molecule has 0 aliphatic carbocycles. The Morgan fingerprint density at radius 1 is 1.13 bits per heavy atom. The minimum absolute atomic E-state index is 0.0292. The highest BCUT2D eigenvalue weighted by atomic mass is 35.5. The molecule has 0 aromatic heterocycles. The van der Waals surface area contributed by atoms with Gasteiger partial charge in [-0.3, -0.25) is 9.59 Å². The molecule has 3 N–H and O–H groups in total. The van der Waals surface area contributed by atoms with Crippen molar-refractivity contribution in [2.75, 3.05) is 11.6 Å². The van der Waals surface area contributed by atoms with Crippen LogP contribution >= 0.6 is 11.6 Å². The molecule has 2 rings (SSSR count). The second-order valence-electron chi connectivity index (χ2n) is 4.78. The molecule has 0 saturated heterocycles. The number of nitrogens with one attached hydrogen (secondary N) is 1. The first-order valence-corrected chi connectivity index (χ1v) is 8.67. The summed E-state index contributed by atoms with van der Waals surface area (Å²) < 4.78 is 23.3. The van der Waals surface area contributed by atoms with Gasteiger partial charge in [-0.1, -0.05) is 23.7 Å². The molecular weight excluding hydrogens is 340 g/mol. The molecule has 2 aromatic rings. The molecule has 0 atom stereocenters. The zero-order chi connectivity index (χ0) is 17.2. The van der Waals surface area contributed by atoms with Crippen molar-refractivity contribution in [3.63, 3.8) is 0 Å². The van der Waals surface area contributed by atoms with E-state index in [4.69, 9.17) is 17.3 Å². The number of benzene rings is 2. The second kappa shape index (κ2) is 6.39. The maximum atomic E-state index is 12.3. The predicted molar refractivity (Wildman–Crippen MR) is 87.5 cm³/mol. The number of primary amides is 1. The van der Waals surface area contributed by atoms with Gasteiger partial charge in [-0.2, -0.15) is 0 Å². The van der Waals surface area contributed by atoms with Crippen LogP contribution in [0.25, 0.3) is 0 Å². The van der Waals surface area contributed by atoms with Crippen LogP contribution in [-0.2, 0) is 9.84 Å². The molecule has 8 heteroatoms. The number of anilines is 1. The van der Waals surface area contributed by atoms with Crippen LogP contribution in [0.15, 0.2) is 47.4 Å². The van der Waals surface area contributed by atoms with Crippen LogP contribution in [0.2, 0.25) is 5.02 Å². The van der Waals surface area contributed by atoms with Crippen molar-refractivity contribution in [1.82, 2.24) is 0 Å². The monoisotopic (exact) mass is 352 g/mol. The Morgan fingerprint density at radius 3 is 2.39 bits per heavy atom. The van der Waals surface area contributed by atoms with E-state index in [0.29, 0.717) is 0 Å². The average molecular weight is 353 g/mol. The summed E-state index contributed by atoms with van der Waals surface area (Å²) in [6, 6.07) is 10.1. The van der Waals surface area contributed by atoms with Gasteiger partial charge in [0.05, 0.1) is 21.2 Å². The summed E-state index contributed by atoms with van der Waals surface area (Å²) in [5.41, 5.74) is 5.72. The van der Waals surface area contributed by atoms with Gasteiger partial charge >= 0.3 is 0 Å². The summed E-state index contributed by atoms with van der Waals surface area (Å²) in [5.74, 6) is -1.27. The van der Waals surface area contributed by atoms with Gasteiger partial charge in [0, 0.05) is 11.8 Å². The average Bonchev–Trinajstić information content (AvgIpc) is 2.46. The molecule has 2 aromatic carbocycles. The summed E-state index contributed by atoms with van der Waals surface area (Å²) in [5, 5.41) is 2.56. The highest BCUT2D eigenvalue weighted by Gasteiger charge is 2.17. The van der Waals surface area contributed by atoms with Crippen LogP contribution in [0.5, 0.6) is 0 Å². The molecule has 120 valence electrons. The first kappa shape index (κ1) is 17.0. The maximum absolute atomic E-state index is 12.3. The van der Waals surface area contributed by atoms with Crippen molar-refractivity contribution in [3.8, 4) is 0 Å². The molecule has 0 unspecified atom stereocenters. The lowest BCUT2D eigenvalue weighted by atomic mass is 10.1. The standard InChI is InChI=1S/C15H13ClN2O4S/c1-23(21,22)13-8-9(6-7-11(13)16)15(20)18-12-5-3-2-4-10(12)14(17)19/h2-8H,1H3,(H2,17,19)(H,18,20). The van der Waals surface area contributed by atoms with Gasteiger partial charge in [0.1, 0.15) is 0 Å². The zero-order valence-corrected chi connectivity index (χ0v) is 13.6. The lowest BCUT2D eigenvalue weighted by Crippen LogP contribution is -2.18. The third-order valence-electron chi connectivity index (χ3n) is 3.03. The smallest absolute Gasteiger partial charge is 0.255 e. The lowest BCUT2D eigenvalue weighted by molar-refractivity contribution is 0.100. The van der Waals surface area contributed by atoms with E-state index in [1.54, 1.807) is 12.1 Å². The van der Waals surface area contributed by atoms with E-state index in [1.807, 2.05) is 0 Å². The molecule has 0 fully saturated rings. The first-order chi connectivity index (χ1) is 10.7. The van der Waals surface area contributed by atoms with Gasteiger partial charge in [-0.15, -0.1) is 0 Å². The number of carbonyl (C=O) groups is 2. The Morgan fingerprint density at radius 2 is 1.78 bits per heavy atom. The van der Waals surface area contributed by atoms with Crippen LogP contribution in [0.1, 0.15) is 20.7 Å². The van der Waals surface area contributed by atoms with Crippen LogP contribution in [0, 0.1) is 0 Å². The molecule has 0 saturated carbocycles. The SMILES string of the molecule is CS(=O)(=O)c1cc(C(=O)Nc2ccccc2C(N)=O)ccc1Cl. The summed E-state index contributed by atoms with van der Waals surface area (Å²) in [4.78, 5) is 23.5. The molecule has 0 radical (unpaired) electrons. The molecule has 0 aliphatic heterocycles. The summed E-state index contributed by atoms with van der Waals surface area (Å²) in [6.45, 7) is 0. The molecule has 0 spiro atoms. The summed E-state index contributed by atoms with van der Waals surface area (Å²) in [6.07, 6.45) is 0.998. The van der Waals surface area contributed by atoms with E-state index in [9.17, 15) is 18.0 Å². The Labute approximate surface area is 138 Å². The number of sulfone groups is 1. The fourth-order valence-electron chi connectivity index (χ4n) is 1.93. The van der Waals surface area contributed by atoms with Crippen LogP contribution < -0.4 is 11.1 Å². The van der Waals surface area contributed by atoms with E-state index in [-0.39, 0.29) is 26.7 Å². The zero-order valence-electron chi connectivity index (χ0n) is 12.0. The molecular formula is C15H13ClN2O4S.